The van der Waals surface area contributed by atoms with E-state index in [2.05, 4.69) is 0 Å². The fourth-order valence-electron chi connectivity index (χ4n) is 1.77. The van der Waals surface area contributed by atoms with Crippen LogP contribution in [0.2, 0.25) is 0 Å². The summed E-state index contributed by atoms with van der Waals surface area (Å²) in [6.45, 7) is 0. The maximum Gasteiger partial charge on any atom is 0.119 e. The SMILES string of the molecule is COc1ccc2c(c1)C[C@H](N)[C@@H]2O. The Hall–Kier alpha value is -1.06. The first-order valence-corrected chi connectivity index (χ1v) is 4.33. The van der Waals surface area contributed by atoms with Crippen LogP contribution in [0.15, 0.2) is 18.2 Å². The predicted octanol–water partition coefficient (Wildman–Crippen LogP) is 0.612. The Morgan fingerprint density at radius 1 is 1.54 bits per heavy atom. The zero-order valence-electron chi connectivity index (χ0n) is 7.53. The fraction of sp³-hybridized carbons (Fsp3) is 0.400. The molecule has 13 heavy (non-hydrogen) atoms. The van der Waals surface area contributed by atoms with Gasteiger partial charge < -0.3 is 15.6 Å². The van der Waals surface area contributed by atoms with E-state index in [-0.39, 0.29) is 6.04 Å². The largest absolute Gasteiger partial charge is 0.497 e. The zero-order valence-corrected chi connectivity index (χ0v) is 7.53. The minimum atomic E-state index is -0.513. The summed E-state index contributed by atoms with van der Waals surface area (Å²) < 4.78 is 5.09. The number of benzene rings is 1. The summed E-state index contributed by atoms with van der Waals surface area (Å²) in [7, 11) is 1.63. The van der Waals surface area contributed by atoms with Gasteiger partial charge in [0.25, 0.3) is 0 Å². The molecular weight excluding hydrogens is 166 g/mol. The monoisotopic (exact) mass is 179 g/mol. The van der Waals surface area contributed by atoms with Crippen molar-refractivity contribution in [2.45, 2.75) is 18.6 Å². The van der Waals surface area contributed by atoms with Crippen molar-refractivity contribution in [2.24, 2.45) is 5.73 Å². The van der Waals surface area contributed by atoms with Crippen molar-refractivity contribution >= 4 is 0 Å². The molecule has 3 N–H and O–H groups in total. The van der Waals surface area contributed by atoms with Gasteiger partial charge >= 0.3 is 0 Å². The maximum atomic E-state index is 9.65. The maximum absolute atomic E-state index is 9.65. The van der Waals surface area contributed by atoms with Gasteiger partial charge in [-0.15, -0.1) is 0 Å². The van der Waals surface area contributed by atoms with E-state index < -0.39 is 6.10 Å². The van der Waals surface area contributed by atoms with E-state index in [1.54, 1.807) is 7.11 Å². The first kappa shape index (κ1) is 8.53. The lowest BCUT2D eigenvalue weighted by atomic mass is 10.1. The number of fused-ring (bicyclic) bond motifs is 1. The zero-order chi connectivity index (χ0) is 9.42. The van der Waals surface area contributed by atoms with Crippen LogP contribution >= 0.6 is 0 Å². The number of hydrogen-bond donors (Lipinski definition) is 2. The third kappa shape index (κ3) is 1.30. The van der Waals surface area contributed by atoms with Gasteiger partial charge in [0, 0.05) is 6.04 Å². The van der Waals surface area contributed by atoms with E-state index in [1.807, 2.05) is 18.2 Å². The molecule has 70 valence electrons. The Morgan fingerprint density at radius 2 is 2.31 bits per heavy atom. The number of aliphatic hydroxyl groups excluding tert-OH is 1. The molecule has 0 heterocycles. The lowest BCUT2D eigenvalue weighted by molar-refractivity contribution is 0.159. The van der Waals surface area contributed by atoms with Crippen LogP contribution in [0.25, 0.3) is 0 Å². The summed E-state index contributed by atoms with van der Waals surface area (Å²) in [6.07, 6.45) is 0.217. The summed E-state index contributed by atoms with van der Waals surface area (Å²) in [5, 5.41) is 9.65. The van der Waals surface area contributed by atoms with Crippen molar-refractivity contribution < 1.29 is 9.84 Å². The first-order chi connectivity index (χ1) is 6.22. The number of hydrogen-bond acceptors (Lipinski definition) is 3. The first-order valence-electron chi connectivity index (χ1n) is 4.33. The van der Waals surface area contributed by atoms with Crippen LogP contribution in [-0.2, 0) is 6.42 Å². The van der Waals surface area contributed by atoms with Gasteiger partial charge in [0.2, 0.25) is 0 Å². The Kier molecular flexibility index (Phi) is 1.98. The molecule has 0 saturated heterocycles. The normalized spacial score (nSPS) is 25.8. The molecule has 0 fully saturated rings. The highest BCUT2D eigenvalue weighted by Crippen LogP contribution is 2.32. The lowest BCUT2D eigenvalue weighted by Gasteiger charge is -2.08. The molecular formula is C10H13NO2. The van der Waals surface area contributed by atoms with Crippen LogP contribution in [0.4, 0.5) is 0 Å². The molecule has 0 spiro atoms. The predicted molar refractivity (Wildman–Crippen MR) is 49.6 cm³/mol. The highest BCUT2D eigenvalue weighted by molar-refractivity contribution is 5.41. The van der Waals surface area contributed by atoms with Crippen LogP contribution in [0.1, 0.15) is 17.2 Å². The van der Waals surface area contributed by atoms with Gasteiger partial charge in [0.05, 0.1) is 13.2 Å². The van der Waals surface area contributed by atoms with E-state index in [0.717, 1.165) is 23.3 Å². The second kappa shape index (κ2) is 3.01. The molecule has 3 heteroatoms. The third-order valence-electron chi connectivity index (χ3n) is 2.53. The molecule has 1 aliphatic rings. The summed E-state index contributed by atoms with van der Waals surface area (Å²) in [5.41, 5.74) is 7.76. The molecule has 1 aliphatic carbocycles. The molecule has 0 radical (unpaired) electrons. The lowest BCUT2D eigenvalue weighted by Crippen LogP contribution is -2.24. The standard InChI is InChI=1S/C10H13NO2/c1-13-7-2-3-8-6(4-7)5-9(11)10(8)12/h2-4,9-10,12H,5,11H2,1H3/t9-,10+/m0/s1. The molecule has 3 nitrogen and oxygen atoms in total. The van der Waals surface area contributed by atoms with Crippen LogP contribution in [0, 0.1) is 0 Å². The second-order valence-electron chi connectivity index (χ2n) is 3.38. The van der Waals surface area contributed by atoms with Gasteiger partial charge in [0.15, 0.2) is 0 Å². The Morgan fingerprint density at radius 3 is 3.00 bits per heavy atom. The van der Waals surface area contributed by atoms with E-state index in [1.165, 1.54) is 0 Å². The van der Waals surface area contributed by atoms with Gasteiger partial charge in [-0.3, -0.25) is 0 Å². The molecule has 0 unspecified atom stereocenters. The van der Waals surface area contributed by atoms with Gasteiger partial charge in [-0.25, -0.2) is 0 Å². The minimum absolute atomic E-state index is 0.165. The van der Waals surface area contributed by atoms with Crippen LogP contribution in [0.3, 0.4) is 0 Å². The van der Waals surface area contributed by atoms with Crippen molar-refractivity contribution in [3.8, 4) is 5.75 Å². The highest BCUT2D eigenvalue weighted by Gasteiger charge is 2.27. The minimum Gasteiger partial charge on any atom is -0.497 e. The quantitative estimate of drug-likeness (QED) is 0.664. The summed E-state index contributed by atoms with van der Waals surface area (Å²) in [6, 6.07) is 5.50. The summed E-state index contributed by atoms with van der Waals surface area (Å²) in [5.74, 6) is 0.819. The average Bonchev–Trinajstić information content (AvgIpc) is 2.42. The second-order valence-corrected chi connectivity index (χ2v) is 3.38. The van der Waals surface area contributed by atoms with E-state index in [9.17, 15) is 5.11 Å². The molecule has 0 aromatic heterocycles. The molecule has 2 rings (SSSR count). The van der Waals surface area contributed by atoms with Gasteiger partial charge in [-0.2, -0.15) is 0 Å². The topological polar surface area (TPSA) is 55.5 Å². The third-order valence-corrected chi connectivity index (χ3v) is 2.53. The van der Waals surface area contributed by atoms with E-state index in [4.69, 9.17) is 10.5 Å². The smallest absolute Gasteiger partial charge is 0.119 e. The van der Waals surface area contributed by atoms with Crippen molar-refractivity contribution in [3.05, 3.63) is 29.3 Å². The Bertz CT molecular complexity index is 325. The number of ether oxygens (including phenoxy) is 1. The summed E-state index contributed by atoms with van der Waals surface area (Å²) in [4.78, 5) is 0. The molecule has 0 saturated carbocycles. The molecule has 1 aromatic carbocycles. The van der Waals surface area contributed by atoms with Gasteiger partial charge in [-0.05, 0) is 29.7 Å². The molecule has 2 atom stereocenters. The fourth-order valence-corrected chi connectivity index (χ4v) is 1.77. The summed E-state index contributed by atoms with van der Waals surface area (Å²) >= 11 is 0. The highest BCUT2D eigenvalue weighted by atomic mass is 16.5. The Labute approximate surface area is 77.1 Å². The van der Waals surface area contributed by atoms with Gasteiger partial charge in [0.1, 0.15) is 5.75 Å². The average molecular weight is 179 g/mol. The Balaban J connectivity index is 2.40. The number of aliphatic hydroxyl groups is 1. The number of methoxy groups -OCH3 is 1. The van der Waals surface area contributed by atoms with Crippen molar-refractivity contribution in [1.29, 1.82) is 0 Å². The van der Waals surface area contributed by atoms with Crippen molar-refractivity contribution in [2.75, 3.05) is 7.11 Å². The molecule has 0 bridgehead atoms. The van der Waals surface area contributed by atoms with E-state index >= 15 is 0 Å². The molecule has 0 aliphatic heterocycles. The van der Waals surface area contributed by atoms with E-state index in [0.29, 0.717) is 0 Å². The van der Waals surface area contributed by atoms with Crippen LogP contribution < -0.4 is 10.5 Å². The number of rotatable bonds is 1. The van der Waals surface area contributed by atoms with Crippen molar-refractivity contribution in [1.82, 2.24) is 0 Å². The van der Waals surface area contributed by atoms with Gasteiger partial charge in [-0.1, -0.05) is 6.07 Å². The van der Waals surface area contributed by atoms with Crippen LogP contribution in [0.5, 0.6) is 5.75 Å². The molecule has 1 aromatic rings. The molecule has 0 amide bonds. The van der Waals surface area contributed by atoms with Crippen LogP contribution in [-0.4, -0.2) is 18.3 Å². The number of nitrogens with two attached hydrogens (primary N) is 1. The van der Waals surface area contributed by atoms with Crippen molar-refractivity contribution in [3.63, 3.8) is 0 Å².